The average Bonchev–Trinajstić information content (AvgIpc) is 1.13. The Hall–Kier alpha value is -6.98. The van der Waals surface area contributed by atoms with Gasteiger partial charge in [0, 0.05) is 56.3 Å². The summed E-state index contributed by atoms with van der Waals surface area (Å²) in [6.45, 7) is 43.1. The number of anilines is 9. The highest BCUT2D eigenvalue weighted by molar-refractivity contribution is 7.00. The van der Waals surface area contributed by atoms with Gasteiger partial charge in [-0.2, -0.15) is 0 Å². The van der Waals surface area contributed by atoms with Crippen molar-refractivity contribution in [1.29, 1.82) is 0 Å². The molecule has 0 saturated carbocycles. The molecule has 8 aromatic carbocycles. The maximum Gasteiger partial charge on any atom is 0.252 e. The molecule has 0 spiro atoms. The molecule has 0 bridgehead atoms. The maximum absolute atomic E-state index is 7.15. The first kappa shape index (κ1) is 54.3. The van der Waals surface area contributed by atoms with Gasteiger partial charge in [0.1, 0.15) is 5.58 Å². The number of benzene rings is 8. The fraction of sp³-hybridized carbons (Fsp3) is 0.377. The lowest BCUT2D eigenvalue weighted by Crippen LogP contribution is -2.62. The summed E-state index contributed by atoms with van der Waals surface area (Å²) < 4.78 is 7.15. The molecule has 0 unspecified atom stereocenters. The van der Waals surface area contributed by atoms with Crippen LogP contribution in [0.2, 0.25) is 0 Å². The standard InChI is InChI=1S/C77H86BN3O/c1-47-40-56-58(76(15,16)38-36-74(56,11)12)45-63(47)81-65-46-59-57(75(13,14)37-39-77(59,17)18)44-61(65)78-60-35-34-53(79(51-30-26-48(27-31-51)71(2,3)4)52-32-28-49(29-33-52)72(5,6)7)43-64(60)80(66-41-50(73(8,9)10)42-67(81)69(66)78)62-24-21-23-55-54-22-19-20-25-68(54)82-70(55)62/h19-35,40-46H,36-39H2,1-18H3. The minimum Gasteiger partial charge on any atom is -0.454 e. The normalized spacial score (nSPS) is 17.5. The van der Waals surface area contributed by atoms with Gasteiger partial charge in [0.2, 0.25) is 0 Å². The van der Waals surface area contributed by atoms with E-state index >= 15 is 0 Å². The van der Waals surface area contributed by atoms with Gasteiger partial charge in [0.25, 0.3) is 6.71 Å². The van der Waals surface area contributed by atoms with Gasteiger partial charge in [-0.1, -0.05) is 190 Å². The summed E-state index contributed by atoms with van der Waals surface area (Å²) in [5, 5.41) is 2.24. The SMILES string of the molecule is Cc1cc2c(cc1N1c3cc4c(cc3B3c5ccc(N(c6ccc(C(C)(C)C)cc6)c6ccc(C(C)(C)C)cc6)cc5N(c5cccc6c5oc5ccccc56)c5cc(C(C)(C)C)cc1c53)C(C)(C)CCC4(C)C)C(C)(C)CCC2(C)C. The Kier molecular flexibility index (Phi) is 11.9. The van der Waals surface area contributed by atoms with Crippen LogP contribution in [0.4, 0.5) is 51.2 Å². The van der Waals surface area contributed by atoms with Crippen molar-refractivity contribution in [2.24, 2.45) is 0 Å². The van der Waals surface area contributed by atoms with E-state index < -0.39 is 0 Å². The summed E-state index contributed by atoms with van der Waals surface area (Å²) in [7, 11) is 0. The molecule has 3 heterocycles. The number of rotatable bonds is 5. The van der Waals surface area contributed by atoms with E-state index in [1.807, 2.05) is 0 Å². The number of furan rings is 1. The summed E-state index contributed by atoms with van der Waals surface area (Å²) in [6, 6.07) is 57.1. The van der Waals surface area contributed by atoms with Crippen LogP contribution in [0, 0.1) is 6.92 Å². The summed E-state index contributed by atoms with van der Waals surface area (Å²) in [4.78, 5) is 7.83. The largest absolute Gasteiger partial charge is 0.454 e. The van der Waals surface area contributed by atoms with Gasteiger partial charge < -0.3 is 19.1 Å². The Balaban J connectivity index is 1.16. The van der Waals surface area contributed by atoms with Crippen LogP contribution < -0.4 is 31.1 Å². The zero-order chi connectivity index (χ0) is 58.2. The van der Waals surface area contributed by atoms with Crippen LogP contribution in [0.25, 0.3) is 21.9 Å². The minimum absolute atomic E-state index is 0.00221. The average molecular weight is 1080 g/mol. The molecular formula is C77H86BN3O. The third-order valence-electron chi connectivity index (χ3n) is 20.2. The Bertz CT molecular complexity index is 4010. The second kappa shape index (κ2) is 18.0. The second-order valence-corrected chi connectivity index (χ2v) is 30.9. The predicted molar refractivity (Wildman–Crippen MR) is 354 cm³/mol. The van der Waals surface area contributed by atoms with Crippen LogP contribution >= 0.6 is 0 Å². The summed E-state index contributed by atoms with van der Waals surface area (Å²) in [6.07, 6.45) is 4.62. The predicted octanol–water partition coefficient (Wildman–Crippen LogP) is 20.0. The second-order valence-electron chi connectivity index (χ2n) is 30.9. The van der Waals surface area contributed by atoms with Gasteiger partial charge in [0.05, 0.1) is 5.69 Å². The molecule has 0 saturated heterocycles. The first-order valence-corrected chi connectivity index (χ1v) is 30.6. The first-order valence-electron chi connectivity index (χ1n) is 30.6. The Morgan fingerprint density at radius 1 is 0.402 bits per heavy atom. The van der Waals surface area contributed by atoms with E-state index in [-0.39, 0.29) is 44.6 Å². The van der Waals surface area contributed by atoms with E-state index in [1.165, 1.54) is 90.1 Å². The van der Waals surface area contributed by atoms with Crippen LogP contribution in [0.15, 0.2) is 150 Å². The van der Waals surface area contributed by atoms with Gasteiger partial charge in [0.15, 0.2) is 5.58 Å². The number of fused-ring (bicyclic) bond motifs is 9. The van der Waals surface area contributed by atoms with Crippen molar-refractivity contribution in [3.05, 3.63) is 190 Å². The van der Waals surface area contributed by atoms with Gasteiger partial charge in [-0.25, -0.2) is 0 Å². The van der Waals surface area contributed by atoms with Crippen molar-refractivity contribution in [3.8, 4) is 0 Å². The molecule has 1 aromatic heterocycles. The van der Waals surface area contributed by atoms with Gasteiger partial charge in [-0.05, 0) is 204 Å². The fourth-order valence-electron chi connectivity index (χ4n) is 14.7. The molecule has 2 aliphatic heterocycles. The molecule has 4 nitrogen and oxygen atoms in total. The van der Waals surface area contributed by atoms with E-state index in [0.29, 0.717) is 0 Å². The number of hydrogen-bond acceptors (Lipinski definition) is 4. The number of para-hydroxylation sites is 2. The first-order chi connectivity index (χ1) is 38.4. The van der Waals surface area contributed by atoms with Gasteiger partial charge >= 0.3 is 0 Å². The zero-order valence-electron chi connectivity index (χ0n) is 52.5. The molecule has 82 heavy (non-hydrogen) atoms. The van der Waals surface area contributed by atoms with Crippen molar-refractivity contribution in [2.75, 3.05) is 14.7 Å². The van der Waals surface area contributed by atoms with Gasteiger partial charge in [-0.3, -0.25) is 0 Å². The Labute approximate surface area is 491 Å². The topological polar surface area (TPSA) is 22.9 Å². The molecule has 0 N–H and O–H groups in total. The smallest absolute Gasteiger partial charge is 0.252 e. The van der Waals surface area contributed by atoms with Crippen LogP contribution in [-0.4, -0.2) is 6.71 Å². The van der Waals surface area contributed by atoms with E-state index in [4.69, 9.17) is 4.42 Å². The number of nitrogens with zero attached hydrogens (tertiary/aromatic N) is 3. The third kappa shape index (κ3) is 8.51. The van der Waals surface area contributed by atoms with E-state index in [2.05, 4.69) is 285 Å². The highest BCUT2D eigenvalue weighted by atomic mass is 16.3. The van der Waals surface area contributed by atoms with Crippen molar-refractivity contribution < 1.29 is 4.42 Å². The maximum atomic E-state index is 7.15. The van der Waals surface area contributed by atoms with Crippen LogP contribution in [0.5, 0.6) is 0 Å². The third-order valence-corrected chi connectivity index (χ3v) is 20.2. The quantitative estimate of drug-likeness (QED) is 0.160. The van der Waals surface area contributed by atoms with Crippen molar-refractivity contribution >= 4 is 96.2 Å². The molecule has 0 atom stereocenters. The van der Waals surface area contributed by atoms with Crippen molar-refractivity contribution in [2.45, 2.75) is 188 Å². The molecule has 418 valence electrons. The highest BCUT2D eigenvalue weighted by Gasteiger charge is 2.48. The van der Waals surface area contributed by atoms with Crippen LogP contribution in [-0.2, 0) is 37.9 Å². The number of aryl methyl sites for hydroxylation is 1. The lowest BCUT2D eigenvalue weighted by Gasteiger charge is -2.48. The Morgan fingerprint density at radius 3 is 1.39 bits per heavy atom. The molecule has 0 radical (unpaired) electrons. The molecule has 4 aliphatic rings. The monoisotopic (exact) mass is 1080 g/mol. The van der Waals surface area contributed by atoms with Gasteiger partial charge in [-0.15, -0.1) is 0 Å². The van der Waals surface area contributed by atoms with Crippen molar-refractivity contribution in [1.82, 2.24) is 0 Å². The number of hydrogen-bond donors (Lipinski definition) is 0. The molecule has 2 aliphatic carbocycles. The fourth-order valence-corrected chi connectivity index (χ4v) is 14.7. The summed E-state index contributed by atoms with van der Waals surface area (Å²) in [5.41, 5.74) is 27.5. The zero-order valence-corrected chi connectivity index (χ0v) is 52.5. The van der Waals surface area contributed by atoms with Crippen molar-refractivity contribution in [3.63, 3.8) is 0 Å². The lowest BCUT2D eigenvalue weighted by molar-refractivity contribution is 0.331. The van der Waals surface area contributed by atoms with Crippen LogP contribution in [0.3, 0.4) is 0 Å². The summed E-state index contributed by atoms with van der Waals surface area (Å²) in [5.74, 6) is 0. The Morgan fingerprint density at radius 2 is 0.854 bits per heavy atom. The molecular weight excluding hydrogens is 994 g/mol. The molecule has 13 rings (SSSR count). The van der Waals surface area contributed by atoms with E-state index in [1.54, 1.807) is 0 Å². The van der Waals surface area contributed by atoms with E-state index in [9.17, 15) is 0 Å². The molecule has 0 fully saturated rings. The molecule has 0 amide bonds. The van der Waals surface area contributed by atoms with Crippen LogP contribution in [0.1, 0.15) is 188 Å². The molecule has 5 heteroatoms. The minimum atomic E-state index is -0.194. The highest BCUT2D eigenvalue weighted by Crippen LogP contribution is 2.55. The lowest BCUT2D eigenvalue weighted by atomic mass is 9.33. The van der Waals surface area contributed by atoms with E-state index in [0.717, 1.165) is 69.6 Å². The molecule has 9 aromatic rings. The summed E-state index contributed by atoms with van der Waals surface area (Å²) >= 11 is 0.